The molecule has 0 saturated carbocycles. The van der Waals surface area contributed by atoms with E-state index in [9.17, 15) is 9.59 Å². The summed E-state index contributed by atoms with van der Waals surface area (Å²) in [5.74, 6) is -0.813. The van der Waals surface area contributed by atoms with Gasteiger partial charge in [0.15, 0.2) is 0 Å². The molecular formula is C12H22N2O5. The largest absolute Gasteiger partial charge is 0.480 e. The van der Waals surface area contributed by atoms with E-state index in [-0.39, 0.29) is 24.6 Å². The predicted octanol–water partition coefficient (Wildman–Crippen LogP) is 0.154. The number of carbonyl (C=O) groups is 2. The minimum absolute atomic E-state index is 0.163. The highest BCUT2D eigenvalue weighted by atomic mass is 16.6. The van der Waals surface area contributed by atoms with Crippen LogP contribution in [0.2, 0.25) is 0 Å². The van der Waals surface area contributed by atoms with Crippen molar-refractivity contribution >= 4 is 12.0 Å². The first-order valence-corrected chi connectivity index (χ1v) is 6.43. The summed E-state index contributed by atoms with van der Waals surface area (Å²) in [7, 11) is 0. The lowest BCUT2D eigenvalue weighted by atomic mass is 10.2. The molecular weight excluding hydrogens is 252 g/mol. The molecule has 0 spiro atoms. The van der Waals surface area contributed by atoms with Gasteiger partial charge in [-0.2, -0.15) is 0 Å². The maximum Gasteiger partial charge on any atom is 0.323 e. The third kappa shape index (κ3) is 6.40. The van der Waals surface area contributed by atoms with E-state index in [0.717, 1.165) is 0 Å². The van der Waals surface area contributed by atoms with E-state index in [1.165, 1.54) is 4.90 Å². The van der Waals surface area contributed by atoms with Gasteiger partial charge >= 0.3 is 12.0 Å². The van der Waals surface area contributed by atoms with Crippen LogP contribution in [0.15, 0.2) is 0 Å². The van der Waals surface area contributed by atoms with Crippen LogP contribution < -0.4 is 5.32 Å². The Balaban J connectivity index is 2.39. The first-order valence-electron chi connectivity index (χ1n) is 6.43. The zero-order valence-electron chi connectivity index (χ0n) is 11.4. The van der Waals surface area contributed by atoms with Crippen LogP contribution in [0.3, 0.4) is 0 Å². The van der Waals surface area contributed by atoms with Crippen LogP contribution in [0.4, 0.5) is 4.79 Å². The van der Waals surface area contributed by atoms with Gasteiger partial charge < -0.3 is 24.8 Å². The molecule has 0 aliphatic carbocycles. The van der Waals surface area contributed by atoms with Gasteiger partial charge in [-0.1, -0.05) is 13.8 Å². The molecule has 1 saturated heterocycles. The van der Waals surface area contributed by atoms with Crippen molar-refractivity contribution in [1.82, 2.24) is 10.2 Å². The summed E-state index contributed by atoms with van der Waals surface area (Å²) in [6.45, 7) is 5.83. The van der Waals surface area contributed by atoms with Crippen molar-refractivity contribution in [2.45, 2.75) is 20.0 Å². The number of hydrogen-bond donors (Lipinski definition) is 2. The molecule has 1 aliphatic heterocycles. The lowest BCUT2D eigenvalue weighted by Gasteiger charge is -2.26. The van der Waals surface area contributed by atoms with Gasteiger partial charge in [0.05, 0.1) is 25.9 Å². The summed E-state index contributed by atoms with van der Waals surface area (Å²) in [5.41, 5.74) is 0. The smallest absolute Gasteiger partial charge is 0.323 e. The van der Waals surface area contributed by atoms with Crippen molar-refractivity contribution in [2.75, 3.05) is 39.5 Å². The third-order valence-electron chi connectivity index (χ3n) is 2.56. The first kappa shape index (κ1) is 15.7. The summed E-state index contributed by atoms with van der Waals surface area (Å²) >= 11 is 0. The van der Waals surface area contributed by atoms with Crippen molar-refractivity contribution in [3.05, 3.63) is 0 Å². The molecule has 0 bridgehead atoms. The Morgan fingerprint density at radius 2 is 2.16 bits per heavy atom. The van der Waals surface area contributed by atoms with Gasteiger partial charge in [-0.25, -0.2) is 4.79 Å². The van der Waals surface area contributed by atoms with Gasteiger partial charge in [0, 0.05) is 13.1 Å². The van der Waals surface area contributed by atoms with Crippen LogP contribution >= 0.6 is 0 Å². The number of aliphatic carboxylic acids is 1. The fourth-order valence-corrected chi connectivity index (χ4v) is 1.79. The molecule has 110 valence electrons. The highest BCUT2D eigenvalue weighted by Crippen LogP contribution is 2.02. The van der Waals surface area contributed by atoms with E-state index in [2.05, 4.69) is 5.32 Å². The van der Waals surface area contributed by atoms with Gasteiger partial charge in [-0.15, -0.1) is 0 Å². The van der Waals surface area contributed by atoms with E-state index in [1.807, 2.05) is 13.8 Å². The maximum absolute atomic E-state index is 11.9. The Morgan fingerprint density at radius 1 is 1.42 bits per heavy atom. The van der Waals surface area contributed by atoms with Gasteiger partial charge in [-0.3, -0.25) is 4.79 Å². The average molecular weight is 274 g/mol. The highest BCUT2D eigenvalue weighted by Gasteiger charge is 2.20. The summed E-state index contributed by atoms with van der Waals surface area (Å²) in [5, 5.41) is 11.5. The second kappa shape index (κ2) is 7.96. The number of carboxylic acid groups (broad SMARTS) is 1. The lowest BCUT2D eigenvalue weighted by molar-refractivity contribution is -0.137. The van der Waals surface area contributed by atoms with Crippen molar-refractivity contribution in [1.29, 1.82) is 0 Å². The summed E-state index contributed by atoms with van der Waals surface area (Å²) in [6, 6.07) is -0.384. The molecule has 1 heterocycles. The zero-order chi connectivity index (χ0) is 14.3. The lowest BCUT2D eigenvalue weighted by Crippen LogP contribution is -2.48. The number of rotatable bonds is 6. The normalized spacial score (nSPS) is 19.2. The van der Waals surface area contributed by atoms with E-state index in [1.54, 1.807) is 0 Å². The van der Waals surface area contributed by atoms with Gasteiger partial charge in [0.25, 0.3) is 0 Å². The predicted molar refractivity (Wildman–Crippen MR) is 68.0 cm³/mol. The molecule has 1 unspecified atom stereocenters. The molecule has 0 aromatic carbocycles. The third-order valence-corrected chi connectivity index (χ3v) is 2.56. The molecule has 1 atom stereocenters. The summed E-state index contributed by atoms with van der Waals surface area (Å²) < 4.78 is 10.6. The minimum Gasteiger partial charge on any atom is -0.480 e. The molecule has 2 N–H and O–H groups in total. The second-order valence-corrected chi connectivity index (χ2v) is 4.92. The molecule has 0 aromatic rings. The van der Waals surface area contributed by atoms with Crippen LogP contribution in [0.5, 0.6) is 0 Å². The van der Waals surface area contributed by atoms with Crippen LogP contribution in [0.1, 0.15) is 13.8 Å². The zero-order valence-corrected chi connectivity index (χ0v) is 11.4. The van der Waals surface area contributed by atoms with E-state index in [0.29, 0.717) is 32.9 Å². The summed E-state index contributed by atoms with van der Waals surface area (Å²) in [4.78, 5) is 23.9. The van der Waals surface area contributed by atoms with Gasteiger partial charge in [0.1, 0.15) is 6.54 Å². The van der Waals surface area contributed by atoms with Crippen molar-refractivity contribution in [2.24, 2.45) is 5.92 Å². The molecule has 1 aliphatic rings. The van der Waals surface area contributed by atoms with E-state index >= 15 is 0 Å². The number of nitrogens with one attached hydrogen (secondary N) is 1. The van der Waals surface area contributed by atoms with E-state index < -0.39 is 5.97 Å². The van der Waals surface area contributed by atoms with Crippen LogP contribution in [0, 0.1) is 5.92 Å². The Hall–Kier alpha value is -1.34. The molecule has 1 rings (SSSR count). The Morgan fingerprint density at radius 3 is 2.68 bits per heavy atom. The van der Waals surface area contributed by atoms with Crippen molar-refractivity contribution in [3.8, 4) is 0 Å². The van der Waals surface area contributed by atoms with Crippen LogP contribution in [0.25, 0.3) is 0 Å². The van der Waals surface area contributed by atoms with Crippen molar-refractivity contribution < 1.29 is 24.2 Å². The van der Waals surface area contributed by atoms with Gasteiger partial charge in [-0.05, 0) is 5.92 Å². The quantitative estimate of drug-likeness (QED) is 0.720. The molecule has 7 heteroatoms. The molecule has 1 fully saturated rings. The fraction of sp³-hybridized carbons (Fsp3) is 0.833. The standard InChI is InChI=1S/C12H22N2O5/c1-9(2)6-14(7-11(15)16)12(17)13-5-10-8-18-3-4-19-10/h9-10H,3-8H2,1-2H3,(H,13,17)(H,15,16). The number of amides is 2. The Bertz CT molecular complexity index is 302. The maximum atomic E-state index is 11.9. The number of urea groups is 1. The molecule has 19 heavy (non-hydrogen) atoms. The Labute approximate surface area is 112 Å². The highest BCUT2D eigenvalue weighted by molar-refractivity contribution is 5.80. The topological polar surface area (TPSA) is 88.1 Å². The average Bonchev–Trinajstić information content (AvgIpc) is 2.35. The molecule has 0 aromatic heterocycles. The number of ether oxygens (including phenoxy) is 2. The monoisotopic (exact) mass is 274 g/mol. The van der Waals surface area contributed by atoms with Crippen LogP contribution in [-0.2, 0) is 14.3 Å². The molecule has 2 amide bonds. The number of nitrogens with zero attached hydrogens (tertiary/aromatic N) is 1. The van der Waals surface area contributed by atoms with Crippen LogP contribution in [-0.4, -0.2) is 67.6 Å². The molecule has 7 nitrogen and oxygen atoms in total. The second-order valence-electron chi connectivity index (χ2n) is 4.92. The number of hydrogen-bond acceptors (Lipinski definition) is 4. The SMILES string of the molecule is CC(C)CN(CC(=O)O)C(=O)NCC1COCCO1. The Kier molecular flexibility index (Phi) is 6.58. The van der Waals surface area contributed by atoms with Crippen molar-refractivity contribution in [3.63, 3.8) is 0 Å². The number of carboxylic acids is 1. The van der Waals surface area contributed by atoms with E-state index in [4.69, 9.17) is 14.6 Å². The molecule has 0 radical (unpaired) electrons. The minimum atomic E-state index is -1.02. The number of carbonyl (C=O) groups excluding carboxylic acids is 1. The fourth-order valence-electron chi connectivity index (χ4n) is 1.79. The summed E-state index contributed by atoms with van der Waals surface area (Å²) in [6.07, 6.45) is -0.163. The first-order chi connectivity index (χ1) is 8.99. The van der Waals surface area contributed by atoms with Gasteiger partial charge in [0.2, 0.25) is 0 Å².